The first-order valence-corrected chi connectivity index (χ1v) is 7.42. The van der Waals surface area contributed by atoms with Gasteiger partial charge in [-0.3, -0.25) is 4.79 Å². The van der Waals surface area contributed by atoms with E-state index in [0.29, 0.717) is 6.61 Å². The van der Waals surface area contributed by atoms with Crippen molar-refractivity contribution in [2.24, 2.45) is 5.92 Å². The van der Waals surface area contributed by atoms with E-state index < -0.39 is 0 Å². The second-order valence-electron chi connectivity index (χ2n) is 5.54. The first kappa shape index (κ1) is 13.4. The summed E-state index contributed by atoms with van der Waals surface area (Å²) in [4.78, 5) is 12.4. The van der Waals surface area contributed by atoms with Gasteiger partial charge in [-0.05, 0) is 37.3 Å². The van der Waals surface area contributed by atoms with Gasteiger partial charge in [-0.15, -0.1) is 0 Å². The topological polar surface area (TPSA) is 47.6 Å². The minimum absolute atomic E-state index is 0.0153. The average molecular weight is 275 g/mol. The molecule has 3 rings (SSSR count). The number of carbonyl (C=O) groups is 1. The highest BCUT2D eigenvalue weighted by molar-refractivity contribution is 5.79. The van der Waals surface area contributed by atoms with E-state index >= 15 is 0 Å². The van der Waals surface area contributed by atoms with Gasteiger partial charge in [-0.2, -0.15) is 0 Å². The van der Waals surface area contributed by atoms with Crippen molar-refractivity contribution in [2.45, 2.75) is 31.7 Å². The summed E-state index contributed by atoms with van der Waals surface area (Å²) >= 11 is 0. The molecule has 1 aromatic carbocycles. The maximum absolute atomic E-state index is 12.4. The fourth-order valence-electron chi connectivity index (χ4n) is 2.88. The summed E-state index contributed by atoms with van der Waals surface area (Å²) in [5.74, 6) is 1.10. The summed E-state index contributed by atoms with van der Waals surface area (Å²) in [5.41, 5.74) is 1.14. The van der Waals surface area contributed by atoms with E-state index in [1.54, 1.807) is 0 Å². The molecular formula is C16H21NO3. The van der Waals surface area contributed by atoms with Crippen LogP contribution in [0.2, 0.25) is 0 Å². The number of fused-ring (bicyclic) bond motifs is 1. The second-order valence-corrected chi connectivity index (χ2v) is 5.54. The van der Waals surface area contributed by atoms with Gasteiger partial charge in [0.15, 0.2) is 0 Å². The predicted octanol–water partition coefficient (Wildman–Crippen LogP) is 1.92. The average Bonchev–Trinajstić information content (AvgIpc) is 2.70. The van der Waals surface area contributed by atoms with E-state index in [9.17, 15) is 4.79 Å². The molecule has 20 heavy (non-hydrogen) atoms. The Kier molecular flexibility index (Phi) is 4.21. The number of hydrogen-bond donors (Lipinski definition) is 1. The molecule has 2 aliphatic heterocycles. The maximum Gasteiger partial charge on any atom is 0.223 e. The summed E-state index contributed by atoms with van der Waals surface area (Å²) in [6, 6.07) is 8.28. The molecule has 1 fully saturated rings. The molecule has 108 valence electrons. The third-order valence-electron chi connectivity index (χ3n) is 4.10. The fourth-order valence-corrected chi connectivity index (χ4v) is 2.88. The number of carbonyl (C=O) groups excluding carboxylic acids is 1. The van der Waals surface area contributed by atoms with Crippen LogP contribution in [-0.4, -0.2) is 31.8 Å². The molecule has 4 heteroatoms. The smallest absolute Gasteiger partial charge is 0.223 e. The molecule has 2 aliphatic rings. The molecule has 0 aromatic heterocycles. The summed E-state index contributed by atoms with van der Waals surface area (Å²) in [6.45, 7) is 2.12. The molecule has 0 radical (unpaired) electrons. The second kappa shape index (κ2) is 6.27. The lowest BCUT2D eigenvalue weighted by Crippen LogP contribution is -2.42. The molecule has 1 unspecified atom stereocenters. The third-order valence-corrected chi connectivity index (χ3v) is 4.10. The van der Waals surface area contributed by atoms with Gasteiger partial charge in [0.2, 0.25) is 5.91 Å². The number of nitrogens with one attached hydrogen (secondary N) is 1. The van der Waals surface area contributed by atoms with Crippen molar-refractivity contribution < 1.29 is 14.3 Å². The molecule has 1 amide bonds. The minimum atomic E-state index is 0.0153. The standard InChI is InChI=1S/C16H21NO3/c18-16(17-14-6-8-19-9-7-14)13-5-10-20-15-4-2-1-3-12(15)11-13/h1-4,13-14H,5-11H2,(H,17,18). The number of amides is 1. The first-order chi connectivity index (χ1) is 9.83. The van der Waals surface area contributed by atoms with Crippen LogP contribution < -0.4 is 10.1 Å². The lowest BCUT2D eigenvalue weighted by molar-refractivity contribution is -0.126. The summed E-state index contributed by atoms with van der Waals surface area (Å²) in [5, 5.41) is 3.17. The van der Waals surface area contributed by atoms with Crippen molar-refractivity contribution in [3.63, 3.8) is 0 Å². The van der Waals surface area contributed by atoms with Crippen LogP contribution in [0.15, 0.2) is 24.3 Å². The fraction of sp³-hybridized carbons (Fsp3) is 0.562. The van der Waals surface area contributed by atoms with Crippen LogP contribution >= 0.6 is 0 Å². The highest BCUT2D eigenvalue weighted by Gasteiger charge is 2.26. The molecule has 1 atom stereocenters. The van der Waals surface area contributed by atoms with Crippen molar-refractivity contribution in [3.8, 4) is 5.75 Å². The van der Waals surface area contributed by atoms with Crippen molar-refractivity contribution >= 4 is 5.91 Å². The quantitative estimate of drug-likeness (QED) is 0.897. The van der Waals surface area contributed by atoms with E-state index in [4.69, 9.17) is 9.47 Å². The van der Waals surface area contributed by atoms with Gasteiger partial charge in [0, 0.05) is 25.2 Å². The summed E-state index contributed by atoms with van der Waals surface area (Å²) in [6.07, 6.45) is 3.39. The predicted molar refractivity (Wildman–Crippen MR) is 75.7 cm³/mol. The Morgan fingerprint density at radius 2 is 1.90 bits per heavy atom. The number of benzene rings is 1. The number of rotatable bonds is 2. The maximum atomic E-state index is 12.4. The van der Waals surface area contributed by atoms with Crippen molar-refractivity contribution in [2.75, 3.05) is 19.8 Å². The zero-order valence-electron chi connectivity index (χ0n) is 11.6. The molecular weight excluding hydrogens is 254 g/mol. The van der Waals surface area contributed by atoms with Crippen molar-refractivity contribution in [3.05, 3.63) is 29.8 Å². The van der Waals surface area contributed by atoms with Gasteiger partial charge in [-0.25, -0.2) is 0 Å². The molecule has 0 bridgehead atoms. The van der Waals surface area contributed by atoms with Crippen LogP contribution in [0.3, 0.4) is 0 Å². The lowest BCUT2D eigenvalue weighted by Gasteiger charge is -2.25. The largest absolute Gasteiger partial charge is 0.493 e. The molecule has 4 nitrogen and oxygen atoms in total. The van der Waals surface area contributed by atoms with E-state index in [2.05, 4.69) is 11.4 Å². The SMILES string of the molecule is O=C(NC1CCOCC1)C1CCOc2ccccc2C1. The zero-order valence-corrected chi connectivity index (χ0v) is 11.6. The summed E-state index contributed by atoms with van der Waals surface area (Å²) in [7, 11) is 0. The Hall–Kier alpha value is -1.55. The monoisotopic (exact) mass is 275 g/mol. The normalized spacial score (nSPS) is 23.3. The van der Waals surface area contributed by atoms with Crippen LogP contribution in [0, 0.1) is 5.92 Å². The lowest BCUT2D eigenvalue weighted by atomic mass is 9.95. The number of para-hydroxylation sites is 1. The Balaban J connectivity index is 1.63. The Labute approximate surface area is 119 Å². The Morgan fingerprint density at radius 1 is 1.10 bits per heavy atom. The highest BCUT2D eigenvalue weighted by Crippen LogP contribution is 2.26. The number of hydrogen-bond acceptors (Lipinski definition) is 3. The third kappa shape index (κ3) is 3.12. The molecule has 2 heterocycles. The highest BCUT2D eigenvalue weighted by atomic mass is 16.5. The van der Waals surface area contributed by atoms with E-state index in [-0.39, 0.29) is 17.9 Å². The van der Waals surface area contributed by atoms with Gasteiger partial charge in [0.1, 0.15) is 5.75 Å². The van der Waals surface area contributed by atoms with E-state index in [0.717, 1.165) is 50.2 Å². The molecule has 0 spiro atoms. The van der Waals surface area contributed by atoms with Gasteiger partial charge < -0.3 is 14.8 Å². The van der Waals surface area contributed by atoms with E-state index in [1.165, 1.54) is 0 Å². The summed E-state index contributed by atoms with van der Waals surface area (Å²) < 4.78 is 11.0. The van der Waals surface area contributed by atoms with Crippen LogP contribution in [-0.2, 0) is 16.0 Å². The van der Waals surface area contributed by atoms with Gasteiger partial charge in [0.25, 0.3) is 0 Å². The molecule has 0 aliphatic carbocycles. The van der Waals surface area contributed by atoms with Crippen molar-refractivity contribution in [1.29, 1.82) is 0 Å². The Bertz CT molecular complexity index is 469. The van der Waals surface area contributed by atoms with Crippen LogP contribution in [0.5, 0.6) is 5.75 Å². The minimum Gasteiger partial charge on any atom is -0.493 e. The van der Waals surface area contributed by atoms with Crippen LogP contribution in [0.1, 0.15) is 24.8 Å². The molecule has 1 aromatic rings. The number of ether oxygens (including phenoxy) is 2. The zero-order chi connectivity index (χ0) is 13.8. The molecule has 0 saturated carbocycles. The Morgan fingerprint density at radius 3 is 2.75 bits per heavy atom. The first-order valence-electron chi connectivity index (χ1n) is 7.42. The van der Waals surface area contributed by atoms with Gasteiger partial charge in [0.05, 0.1) is 6.61 Å². The van der Waals surface area contributed by atoms with Gasteiger partial charge in [-0.1, -0.05) is 18.2 Å². The van der Waals surface area contributed by atoms with E-state index in [1.807, 2.05) is 18.2 Å². The molecule has 1 saturated heterocycles. The van der Waals surface area contributed by atoms with Crippen LogP contribution in [0.4, 0.5) is 0 Å². The molecule has 1 N–H and O–H groups in total. The van der Waals surface area contributed by atoms with Crippen molar-refractivity contribution in [1.82, 2.24) is 5.32 Å². The van der Waals surface area contributed by atoms with Gasteiger partial charge >= 0.3 is 0 Å². The van der Waals surface area contributed by atoms with Crippen LogP contribution in [0.25, 0.3) is 0 Å².